The van der Waals surface area contributed by atoms with Crippen molar-refractivity contribution in [2.24, 2.45) is 0 Å². The number of hydrogen-bond donors (Lipinski definition) is 0. The molecule has 0 N–H and O–H groups in total. The largest absolute Gasteiger partial charge is 0.311 e. The highest BCUT2D eigenvalue weighted by molar-refractivity contribution is 7.00. The van der Waals surface area contributed by atoms with Gasteiger partial charge < -0.3 is 18.9 Å². The average molecular weight is 1030 g/mol. The van der Waals surface area contributed by atoms with Crippen molar-refractivity contribution in [2.75, 3.05) is 9.80 Å². The van der Waals surface area contributed by atoms with Crippen molar-refractivity contribution in [3.8, 4) is 33.6 Å². The van der Waals surface area contributed by atoms with E-state index in [1.807, 2.05) is 0 Å². The number of aromatic nitrogens is 2. The highest BCUT2D eigenvalue weighted by Crippen LogP contribution is 2.40. The average Bonchev–Trinajstić information content (AvgIpc) is 4.26. The maximum absolute atomic E-state index is 2.47. The van der Waals surface area contributed by atoms with Gasteiger partial charge in [-0.15, -0.1) is 0 Å². The lowest BCUT2D eigenvalue weighted by molar-refractivity contribution is 1.17. The van der Waals surface area contributed by atoms with Crippen molar-refractivity contribution >= 4 is 96.2 Å². The predicted molar refractivity (Wildman–Crippen MR) is 339 cm³/mol. The van der Waals surface area contributed by atoms with E-state index in [1.54, 1.807) is 0 Å². The second-order valence-corrected chi connectivity index (χ2v) is 25.4. The number of fused-ring (bicyclic) bond motifs is 6. The van der Waals surface area contributed by atoms with Crippen LogP contribution in [0.1, 0.15) is 0 Å². The van der Waals surface area contributed by atoms with E-state index >= 15 is 0 Å². The number of nitrogens with zero attached hydrogens (tertiary/aromatic N) is 4. The standard InChI is InChI=1S/C74H56N4Si/c1-79(2,65-45-31-53(32-46-65)55-35-49-69-67-27-15-17-29-71(67)77(73(69)51-55)63-41-37-61(38-42-63)75(57-19-7-3-8-20-57)58-21-9-4-10-22-58)66-47-33-54(34-48-66)56-36-50-70-68-28-16-18-30-72(68)78(74(70)52-56)64-43-39-62(40-44-64)76(59-23-11-5-12-24-59)60-25-13-6-14-26-60/h3-52H,1-2H3. The van der Waals surface area contributed by atoms with Gasteiger partial charge in [0.2, 0.25) is 0 Å². The smallest absolute Gasteiger partial charge is 0.112 e. The molecule has 2 aromatic heterocycles. The van der Waals surface area contributed by atoms with Crippen molar-refractivity contribution in [2.45, 2.75) is 13.1 Å². The fourth-order valence-electron chi connectivity index (χ4n) is 11.9. The van der Waals surface area contributed by atoms with Gasteiger partial charge in [0.1, 0.15) is 8.07 Å². The first kappa shape index (κ1) is 47.5. The van der Waals surface area contributed by atoms with Gasteiger partial charge in [-0.05, 0) is 144 Å². The van der Waals surface area contributed by atoms with Crippen LogP contribution in [-0.2, 0) is 0 Å². The van der Waals surface area contributed by atoms with E-state index in [-0.39, 0.29) is 0 Å². The van der Waals surface area contributed by atoms with E-state index in [2.05, 4.69) is 335 Å². The van der Waals surface area contributed by atoms with Crippen LogP contribution in [0.5, 0.6) is 0 Å². The van der Waals surface area contributed by atoms with E-state index in [0.29, 0.717) is 0 Å². The van der Waals surface area contributed by atoms with Gasteiger partial charge in [0.05, 0.1) is 22.1 Å². The Morgan fingerprint density at radius 3 is 0.861 bits per heavy atom. The first-order valence-electron chi connectivity index (χ1n) is 27.2. The summed E-state index contributed by atoms with van der Waals surface area (Å²) in [5.74, 6) is 0. The number of anilines is 6. The molecule has 0 saturated heterocycles. The van der Waals surface area contributed by atoms with Crippen LogP contribution >= 0.6 is 0 Å². The molecule has 0 atom stereocenters. The molecule has 4 nitrogen and oxygen atoms in total. The van der Waals surface area contributed by atoms with Crippen molar-refractivity contribution in [3.63, 3.8) is 0 Å². The van der Waals surface area contributed by atoms with Crippen molar-refractivity contribution in [1.29, 1.82) is 0 Å². The van der Waals surface area contributed by atoms with Crippen LogP contribution in [0.25, 0.3) is 77.2 Å². The minimum Gasteiger partial charge on any atom is -0.311 e. The predicted octanol–water partition coefficient (Wildman–Crippen LogP) is 19.0. The van der Waals surface area contributed by atoms with Crippen LogP contribution in [0.4, 0.5) is 34.1 Å². The zero-order valence-electron chi connectivity index (χ0n) is 44.2. The molecule has 0 bridgehead atoms. The Kier molecular flexibility index (Phi) is 12.0. The molecule has 0 aliphatic rings. The van der Waals surface area contributed by atoms with Gasteiger partial charge in [0.15, 0.2) is 0 Å². The van der Waals surface area contributed by atoms with E-state index in [9.17, 15) is 0 Å². The Bertz CT molecular complexity index is 4090. The molecule has 376 valence electrons. The Morgan fingerprint density at radius 1 is 0.241 bits per heavy atom. The SMILES string of the molecule is C[Si](C)(c1ccc(-c2ccc3c4ccccc4n(-c4ccc(N(c5ccccc5)c5ccccc5)cc4)c3c2)cc1)c1ccc(-c2ccc3c4ccccc4n(-c4ccc(N(c5ccccc5)c5ccccc5)cc4)c3c2)cc1. The monoisotopic (exact) mass is 1030 g/mol. The van der Waals surface area contributed by atoms with E-state index in [1.165, 1.54) is 76.2 Å². The summed E-state index contributed by atoms with van der Waals surface area (Å²) in [7, 11) is -2.07. The Balaban J connectivity index is 0.747. The fraction of sp³-hybridized carbons (Fsp3) is 0.0270. The van der Waals surface area contributed by atoms with Gasteiger partial charge in [-0.2, -0.15) is 0 Å². The Hall–Kier alpha value is -9.94. The molecule has 0 radical (unpaired) electrons. The van der Waals surface area contributed by atoms with Gasteiger partial charge in [-0.3, -0.25) is 0 Å². The number of benzene rings is 12. The summed E-state index contributed by atoms with van der Waals surface area (Å²) in [4.78, 5) is 4.62. The van der Waals surface area contributed by atoms with E-state index in [0.717, 1.165) is 45.5 Å². The van der Waals surface area contributed by atoms with Gasteiger partial charge in [0.25, 0.3) is 0 Å². The molecular formula is C74H56N4Si. The molecule has 0 aliphatic heterocycles. The second kappa shape index (κ2) is 19.9. The Labute approximate surface area is 462 Å². The number of para-hydroxylation sites is 6. The minimum atomic E-state index is -2.07. The normalized spacial score (nSPS) is 11.7. The topological polar surface area (TPSA) is 16.3 Å². The van der Waals surface area contributed by atoms with Gasteiger partial charge >= 0.3 is 0 Å². The summed E-state index contributed by atoms with van der Waals surface area (Å²) >= 11 is 0. The molecule has 0 spiro atoms. The summed E-state index contributed by atoms with van der Waals surface area (Å²) in [6.07, 6.45) is 0. The number of rotatable bonds is 12. The lowest BCUT2D eigenvalue weighted by Crippen LogP contribution is -2.52. The lowest BCUT2D eigenvalue weighted by atomic mass is 10.0. The first-order chi connectivity index (χ1) is 38.9. The molecule has 14 aromatic rings. The summed E-state index contributed by atoms with van der Waals surface area (Å²) in [6, 6.07) is 111. The highest BCUT2D eigenvalue weighted by atomic mass is 28.3. The van der Waals surface area contributed by atoms with Crippen LogP contribution in [0.15, 0.2) is 303 Å². The van der Waals surface area contributed by atoms with Gasteiger partial charge in [-0.1, -0.05) is 205 Å². The van der Waals surface area contributed by atoms with Crippen LogP contribution in [0.3, 0.4) is 0 Å². The molecule has 12 aromatic carbocycles. The van der Waals surface area contributed by atoms with E-state index in [4.69, 9.17) is 0 Å². The maximum Gasteiger partial charge on any atom is 0.112 e. The zero-order valence-corrected chi connectivity index (χ0v) is 45.2. The molecule has 0 amide bonds. The third kappa shape index (κ3) is 8.58. The fourth-order valence-corrected chi connectivity index (χ4v) is 14.2. The quantitative estimate of drug-likeness (QED) is 0.113. The molecule has 14 rings (SSSR count). The summed E-state index contributed by atoms with van der Waals surface area (Å²) in [6.45, 7) is 4.95. The molecule has 0 unspecified atom stereocenters. The molecule has 79 heavy (non-hydrogen) atoms. The highest BCUT2D eigenvalue weighted by Gasteiger charge is 2.26. The van der Waals surface area contributed by atoms with Crippen LogP contribution in [0, 0.1) is 0 Å². The van der Waals surface area contributed by atoms with Crippen molar-refractivity contribution in [1.82, 2.24) is 9.13 Å². The molecule has 2 heterocycles. The van der Waals surface area contributed by atoms with E-state index < -0.39 is 8.07 Å². The molecule has 0 aliphatic carbocycles. The minimum absolute atomic E-state index is 1.11. The maximum atomic E-state index is 2.47. The second-order valence-electron chi connectivity index (χ2n) is 21.0. The van der Waals surface area contributed by atoms with Crippen LogP contribution in [-0.4, -0.2) is 17.2 Å². The van der Waals surface area contributed by atoms with Crippen molar-refractivity contribution < 1.29 is 0 Å². The Morgan fingerprint density at radius 2 is 0.519 bits per heavy atom. The third-order valence-electron chi connectivity index (χ3n) is 16.0. The molecule has 0 fully saturated rings. The first-order valence-corrected chi connectivity index (χ1v) is 30.2. The van der Waals surface area contributed by atoms with Crippen molar-refractivity contribution in [3.05, 3.63) is 303 Å². The molecular weight excluding hydrogens is 973 g/mol. The number of hydrogen-bond acceptors (Lipinski definition) is 2. The molecule has 0 saturated carbocycles. The lowest BCUT2D eigenvalue weighted by Gasteiger charge is -2.25. The van der Waals surface area contributed by atoms with Crippen LogP contribution < -0.4 is 20.2 Å². The third-order valence-corrected chi connectivity index (χ3v) is 19.6. The summed E-state index contributed by atoms with van der Waals surface area (Å²) in [5.41, 5.74) is 18.6. The van der Waals surface area contributed by atoms with Crippen LogP contribution in [0.2, 0.25) is 13.1 Å². The summed E-state index contributed by atoms with van der Waals surface area (Å²) < 4.78 is 4.84. The van der Waals surface area contributed by atoms with Gasteiger partial charge in [0, 0.05) is 67.0 Å². The molecule has 5 heteroatoms. The summed E-state index contributed by atoms with van der Waals surface area (Å²) in [5, 5.41) is 7.81. The zero-order chi connectivity index (χ0) is 52.9. The van der Waals surface area contributed by atoms with Gasteiger partial charge in [-0.25, -0.2) is 0 Å².